The number of hydrogen-bond acceptors (Lipinski definition) is 9. The molecule has 0 bridgehead atoms. The summed E-state index contributed by atoms with van der Waals surface area (Å²) in [6, 6.07) is 5.15. The molecule has 0 amide bonds. The van der Waals surface area contributed by atoms with E-state index in [1.807, 2.05) is 25.3 Å². The summed E-state index contributed by atoms with van der Waals surface area (Å²) >= 11 is 1.51. The summed E-state index contributed by atoms with van der Waals surface area (Å²) in [7, 11) is 1.57. The van der Waals surface area contributed by atoms with Gasteiger partial charge >= 0.3 is 0 Å². The minimum absolute atomic E-state index is 0.0699. The largest absolute Gasteiger partial charge is 0.506 e. The van der Waals surface area contributed by atoms with Crippen LogP contribution in [0.1, 0.15) is 42.9 Å². The maximum absolute atomic E-state index is 10.7. The molecule has 33 heavy (non-hydrogen) atoms. The van der Waals surface area contributed by atoms with E-state index in [2.05, 4.69) is 38.7 Å². The molecule has 1 aliphatic heterocycles. The second kappa shape index (κ2) is 10.2. The lowest BCUT2D eigenvalue weighted by molar-refractivity contribution is 0.143. The third kappa shape index (κ3) is 4.96. The van der Waals surface area contributed by atoms with Crippen molar-refractivity contribution in [1.29, 1.82) is 0 Å². The molecule has 9 nitrogen and oxygen atoms in total. The zero-order valence-corrected chi connectivity index (χ0v) is 19.9. The zero-order chi connectivity index (χ0) is 23.4. The molecule has 0 radical (unpaired) electrons. The van der Waals surface area contributed by atoms with E-state index < -0.39 is 0 Å². The Bertz CT molecular complexity index is 1120. The molecular formula is C23H28N6O3S. The van der Waals surface area contributed by atoms with Gasteiger partial charge in [0.1, 0.15) is 23.0 Å². The first-order chi connectivity index (χ1) is 16.0. The van der Waals surface area contributed by atoms with Gasteiger partial charge in [0.2, 0.25) is 5.95 Å². The van der Waals surface area contributed by atoms with E-state index in [0.717, 1.165) is 11.4 Å². The number of nitrogens with one attached hydrogen (secondary N) is 1. The molecule has 4 rings (SSSR count). The quantitative estimate of drug-likeness (QED) is 0.375. The van der Waals surface area contributed by atoms with Gasteiger partial charge in [-0.3, -0.25) is 19.3 Å². The highest BCUT2D eigenvalue weighted by molar-refractivity contribution is 8.01. The van der Waals surface area contributed by atoms with Crippen molar-refractivity contribution in [3.63, 3.8) is 0 Å². The number of aromatic nitrogens is 5. The minimum Gasteiger partial charge on any atom is -0.506 e. The summed E-state index contributed by atoms with van der Waals surface area (Å²) in [5, 5.41) is 19.7. The molecule has 0 aliphatic carbocycles. The van der Waals surface area contributed by atoms with Gasteiger partial charge in [0.05, 0.1) is 37.6 Å². The van der Waals surface area contributed by atoms with E-state index in [-0.39, 0.29) is 22.8 Å². The average Bonchev–Trinajstić information content (AvgIpc) is 3.26. The van der Waals surface area contributed by atoms with Crippen LogP contribution >= 0.6 is 11.9 Å². The van der Waals surface area contributed by atoms with Crippen molar-refractivity contribution >= 4 is 17.9 Å². The van der Waals surface area contributed by atoms with Gasteiger partial charge in [0, 0.05) is 23.6 Å². The number of phenolic OH excluding ortho intramolecular Hbond substituents is 1. The molecule has 3 aromatic rings. The van der Waals surface area contributed by atoms with Crippen molar-refractivity contribution in [1.82, 2.24) is 24.7 Å². The molecule has 10 heteroatoms. The van der Waals surface area contributed by atoms with Gasteiger partial charge in [-0.2, -0.15) is 0 Å². The van der Waals surface area contributed by atoms with E-state index in [1.165, 1.54) is 11.9 Å². The standard InChI is InChI=1S/C23H28N6O3S/c1-14-11-25-18(12-24-14)15(2)16(3)33-28-23-27-26-22(17-7-6-10-32-13-17)29(23)21-19(30)8-5-9-20(21)31-4/h5-9,11-12,15-17,30H,10,13H2,1-4H3,(H,27,28). The Hall–Kier alpha value is -3.11. The van der Waals surface area contributed by atoms with E-state index in [4.69, 9.17) is 9.47 Å². The lowest BCUT2D eigenvalue weighted by Crippen LogP contribution is -2.17. The Morgan fingerprint density at radius 3 is 2.79 bits per heavy atom. The number of phenols is 1. The Morgan fingerprint density at radius 2 is 2.09 bits per heavy atom. The van der Waals surface area contributed by atoms with Crippen LogP contribution in [0, 0.1) is 6.92 Å². The Morgan fingerprint density at radius 1 is 1.24 bits per heavy atom. The molecule has 2 aromatic heterocycles. The van der Waals surface area contributed by atoms with Crippen LogP contribution in [0.5, 0.6) is 11.5 Å². The molecule has 0 fully saturated rings. The highest BCUT2D eigenvalue weighted by Gasteiger charge is 2.27. The number of aromatic hydroxyl groups is 1. The van der Waals surface area contributed by atoms with Crippen LogP contribution in [-0.2, 0) is 4.74 Å². The molecule has 3 atom stereocenters. The second-order valence-corrected chi connectivity index (χ2v) is 9.10. The van der Waals surface area contributed by atoms with Crippen molar-refractivity contribution in [2.24, 2.45) is 0 Å². The summed E-state index contributed by atoms with van der Waals surface area (Å²) < 4.78 is 16.3. The van der Waals surface area contributed by atoms with Gasteiger partial charge in [-0.25, -0.2) is 0 Å². The van der Waals surface area contributed by atoms with Crippen LogP contribution < -0.4 is 9.46 Å². The summed E-state index contributed by atoms with van der Waals surface area (Å²) in [6.07, 6.45) is 7.61. The summed E-state index contributed by atoms with van der Waals surface area (Å²) in [5.74, 6) is 1.78. The number of benzene rings is 1. The van der Waals surface area contributed by atoms with Crippen molar-refractivity contribution in [2.75, 3.05) is 25.0 Å². The molecule has 174 valence electrons. The fraction of sp³-hybridized carbons (Fsp3) is 0.391. The number of nitrogens with zero attached hydrogens (tertiary/aromatic N) is 5. The van der Waals surface area contributed by atoms with E-state index in [1.54, 1.807) is 36.1 Å². The lowest BCUT2D eigenvalue weighted by Gasteiger charge is -2.22. The van der Waals surface area contributed by atoms with Gasteiger partial charge in [-0.15, -0.1) is 10.2 Å². The van der Waals surface area contributed by atoms with E-state index in [0.29, 0.717) is 36.4 Å². The Balaban J connectivity index is 1.64. The normalized spacial score (nSPS) is 17.5. The summed E-state index contributed by atoms with van der Waals surface area (Å²) in [5.41, 5.74) is 2.30. The van der Waals surface area contributed by atoms with Crippen molar-refractivity contribution in [2.45, 2.75) is 37.9 Å². The zero-order valence-electron chi connectivity index (χ0n) is 19.1. The van der Waals surface area contributed by atoms with Gasteiger partial charge in [-0.05, 0) is 31.0 Å². The van der Waals surface area contributed by atoms with Gasteiger partial charge in [-0.1, -0.05) is 32.1 Å². The van der Waals surface area contributed by atoms with Gasteiger partial charge in [0.15, 0.2) is 0 Å². The summed E-state index contributed by atoms with van der Waals surface area (Å²) in [4.78, 5) is 8.87. The molecule has 1 aliphatic rings. The Labute approximate surface area is 197 Å². The first kappa shape index (κ1) is 23.1. The highest BCUT2D eigenvalue weighted by atomic mass is 32.2. The first-order valence-electron chi connectivity index (χ1n) is 10.8. The minimum atomic E-state index is -0.102. The monoisotopic (exact) mass is 468 g/mol. The average molecular weight is 469 g/mol. The van der Waals surface area contributed by atoms with Crippen LogP contribution in [0.4, 0.5) is 5.95 Å². The molecule has 1 aromatic carbocycles. The Kier molecular flexibility index (Phi) is 7.14. The van der Waals surface area contributed by atoms with Crippen molar-refractivity contribution in [3.8, 4) is 17.2 Å². The van der Waals surface area contributed by atoms with Crippen LogP contribution in [0.25, 0.3) is 5.69 Å². The van der Waals surface area contributed by atoms with Gasteiger partial charge < -0.3 is 14.6 Å². The number of methoxy groups -OCH3 is 1. The maximum Gasteiger partial charge on any atom is 0.239 e. The molecule has 3 heterocycles. The molecule has 2 N–H and O–H groups in total. The van der Waals surface area contributed by atoms with Crippen molar-refractivity contribution < 1.29 is 14.6 Å². The number of para-hydroxylation sites is 1. The second-order valence-electron chi connectivity index (χ2n) is 7.91. The molecule has 3 unspecified atom stereocenters. The fourth-order valence-electron chi connectivity index (χ4n) is 3.55. The van der Waals surface area contributed by atoms with Gasteiger partial charge in [0.25, 0.3) is 0 Å². The van der Waals surface area contributed by atoms with Crippen LogP contribution in [0.2, 0.25) is 0 Å². The van der Waals surface area contributed by atoms with E-state index >= 15 is 0 Å². The first-order valence-corrected chi connectivity index (χ1v) is 11.6. The number of aryl methyl sites for hydroxylation is 1. The molecule has 0 saturated heterocycles. The summed E-state index contributed by atoms with van der Waals surface area (Å²) in [6.45, 7) is 7.21. The molecule has 0 spiro atoms. The van der Waals surface area contributed by atoms with Crippen molar-refractivity contribution in [3.05, 3.63) is 60.0 Å². The van der Waals surface area contributed by atoms with E-state index in [9.17, 15) is 5.11 Å². The number of rotatable bonds is 8. The predicted octanol–water partition coefficient (Wildman–Crippen LogP) is 4.00. The van der Waals surface area contributed by atoms with Crippen LogP contribution in [0.15, 0.2) is 42.7 Å². The third-order valence-corrected chi connectivity index (χ3v) is 6.71. The topological polar surface area (TPSA) is 107 Å². The number of ether oxygens (including phenoxy) is 2. The maximum atomic E-state index is 10.7. The fourth-order valence-corrected chi connectivity index (χ4v) is 4.32. The highest BCUT2D eigenvalue weighted by Crippen LogP contribution is 2.37. The third-order valence-electron chi connectivity index (χ3n) is 5.63. The molecule has 0 saturated carbocycles. The predicted molar refractivity (Wildman–Crippen MR) is 128 cm³/mol. The SMILES string of the molecule is COc1cccc(O)c1-n1c(NSC(C)C(C)c2cnc(C)cn2)nnc1C1C=CCOC1. The molecular weight excluding hydrogens is 440 g/mol. The van der Waals surface area contributed by atoms with Crippen LogP contribution in [-0.4, -0.2) is 55.4 Å². The lowest BCUT2D eigenvalue weighted by atomic mass is 10.1. The number of anilines is 1. The van der Waals surface area contributed by atoms with Crippen LogP contribution in [0.3, 0.4) is 0 Å². The smallest absolute Gasteiger partial charge is 0.239 e. The number of hydrogen-bond donors (Lipinski definition) is 2.